The van der Waals surface area contributed by atoms with E-state index in [9.17, 15) is 4.79 Å². The van der Waals surface area contributed by atoms with E-state index in [0.717, 1.165) is 22.9 Å². The van der Waals surface area contributed by atoms with Crippen molar-refractivity contribution in [3.05, 3.63) is 42.1 Å². The molecule has 0 aliphatic rings. The number of amides is 1. The van der Waals surface area contributed by atoms with Crippen LogP contribution in [0.2, 0.25) is 0 Å². The van der Waals surface area contributed by atoms with Crippen molar-refractivity contribution in [2.24, 2.45) is 0 Å². The Hall–Kier alpha value is -2.40. The summed E-state index contributed by atoms with van der Waals surface area (Å²) in [5.41, 5.74) is 7.99. The summed E-state index contributed by atoms with van der Waals surface area (Å²) >= 11 is 0. The van der Waals surface area contributed by atoms with Crippen LogP contribution in [-0.2, 0) is 9.53 Å². The monoisotopic (exact) mass is 327 g/mol. The zero-order valence-electron chi connectivity index (χ0n) is 14.5. The van der Waals surface area contributed by atoms with E-state index in [2.05, 4.69) is 10.3 Å². The van der Waals surface area contributed by atoms with Gasteiger partial charge in [-0.2, -0.15) is 0 Å². The molecule has 1 aromatic heterocycles. The summed E-state index contributed by atoms with van der Waals surface area (Å²) in [5.74, 6) is -0.130. The number of nitrogen functional groups attached to an aromatic ring is 1. The smallest absolute Gasteiger partial charge is 0.244 e. The van der Waals surface area contributed by atoms with Crippen LogP contribution in [-0.4, -0.2) is 29.6 Å². The normalized spacial score (nSPS) is 12.0. The average molecular weight is 327 g/mol. The number of aromatic nitrogens is 1. The molecule has 1 heterocycles. The molecule has 0 aliphatic heterocycles. The lowest BCUT2D eigenvalue weighted by atomic mass is 10.1. The number of anilines is 1. The first kappa shape index (κ1) is 17.9. The molecule has 0 spiro atoms. The van der Waals surface area contributed by atoms with Crippen LogP contribution in [0.4, 0.5) is 5.69 Å². The first-order valence-electron chi connectivity index (χ1n) is 8.15. The Labute approximate surface area is 142 Å². The quantitative estimate of drug-likeness (QED) is 0.605. The van der Waals surface area contributed by atoms with Gasteiger partial charge in [-0.05, 0) is 63.1 Å². The second kappa shape index (κ2) is 7.93. The van der Waals surface area contributed by atoms with Crippen molar-refractivity contribution >= 4 is 28.6 Å². The number of pyridine rings is 1. The molecule has 0 saturated carbocycles. The summed E-state index contributed by atoms with van der Waals surface area (Å²) in [4.78, 5) is 16.3. The lowest BCUT2D eigenvalue weighted by Crippen LogP contribution is -2.32. The van der Waals surface area contributed by atoms with E-state index in [1.807, 2.05) is 45.0 Å². The number of benzene rings is 1. The molecule has 0 aliphatic carbocycles. The fourth-order valence-corrected chi connectivity index (χ4v) is 2.44. The maximum atomic E-state index is 11.9. The molecular formula is C19H25N3O2. The number of hydrogen-bond donors (Lipinski definition) is 2. The maximum absolute atomic E-state index is 11.9. The summed E-state index contributed by atoms with van der Waals surface area (Å²) < 4.78 is 5.60. The van der Waals surface area contributed by atoms with Gasteiger partial charge in [0.2, 0.25) is 5.91 Å². The van der Waals surface area contributed by atoms with Gasteiger partial charge < -0.3 is 15.8 Å². The lowest BCUT2D eigenvalue weighted by Gasteiger charge is -2.24. The minimum Gasteiger partial charge on any atom is -0.399 e. The van der Waals surface area contributed by atoms with Crippen molar-refractivity contribution in [3.8, 4) is 0 Å². The topological polar surface area (TPSA) is 77.2 Å². The third-order valence-electron chi connectivity index (χ3n) is 3.71. The van der Waals surface area contributed by atoms with Crippen LogP contribution < -0.4 is 11.1 Å². The molecule has 0 saturated heterocycles. The van der Waals surface area contributed by atoms with E-state index < -0.39 is 0 Å². The molecule has 1 aromatic carbocycles. The fourth-order valence-electron chi connectivity index (χ4n) is 2.44. The van der Waals surface area contributed by atoms with Crippen molar-refractivity contribution in [1.29, 1.82) is 0 Å². The maximum Gasteiger partial charge on any atom is 0.244 e. The Morgan fingerprint density at radius 2 is 2.17 bits per heavy atom. The number of hydrogen-bond acceptors (Lipinski definition) is 4. The molecule has 0 fully saturated rings. The van der Waals surface area contributed by atoms with E-state index in [0.29, 0.717) is 18.8 Å². The zero-order valence-corrected chi connectivity index (χ0v) is 14.5. The van der Waals surface area contributed by atoms with Crippen molar-refractivity contribution in [2.45, 2.75) is 32.8 Å². The third kappa shape index (κ3) is 5.35. The second-order valence-corrected chi connectivity index (χ2v) is 6.29. The van der Waals surface area contributed by atoms with Crippen molar-refractivity contribution in [3.63, 3.8) is 0 Å². The van der Waals surface area contributed by atoms with Gasteiger partial charge in [0.1, 0.15) is 0 Å². The Balaban J connectivity index is 1.91. The Kier molecular flexibility index (Phi) is 5.93. The van der Waals surface area contributed by atoms with Gasteiger partial charge in [0.15, 0.2) is 0 Å². The third-order valence-corrected chi connectivity index (χ3v) is 3.71. The minimum atomic E-state index is -0.228. The highest BCUT2D eigenvalue weighted by atomic mass is 16.5. The second-order valence-electron chi connectivity index (χ2n) is 6.29. The van der Waals surface area contributed by atoms with Gasteiger partial charge >= 0.3 is 0 Å². The minimum absolute atomic E-state index is 0.130. The fraction of sp³-hybridized carbons (Fsp3) is 0.368. The predicted octanol–water partition coefficient (Wildman–Crippen LogP) is 3.15. The van der Waals surface area contributed by atoms with Gasteiger partial charge in [-0.1, -0.05) is 0 Å². The number of fused-ring (bicyclic) bond motifs is 1. The number of nitrogens with zero attached hydrogens (tertiary/aromatic N) is 1. The Morgan fingerprint density at radius 1 is 1.38 bits per heavy atom. The van der Waals surface area contributed by atoms with Gasteiger partial charge in [0.05, 0.1) is 11.1 Å². The molecule has 3 N–H and O–H groups in total. The van der Waals surface area contributed by atoms with Gasteiger partial charge in [-0.15, -0.1) is 0 Å². The van der Waals surface area contributed by atoms with E-state index in [1.165, 1.54) is 6.08 Å². The van der Waals surface area contributed by atoms with Crippen LogP contribution in [0.5, 0.6) is 0 Å². The van der Waals surface area contributed by atoms with Gasteiger partial charge in [-0.25, -0.2) is 0 Å². The summed E-state index contributed by atoms with van der Waals surface area (Å²) in [6, 6.07) is 7.53. The number of carbonyl (C=O) groups excluding carboxylic acids is 1. The standard InChI is InChI=1S/C19H25N3O2/c1-4-24-19(2,3)9-10-21-18(23)8-5-14-11-15-12-16(20)6-7-17(15)22-13-14/h5-8,11-13H,4,9-10,20H2,1-3H3,(H,21,23)/b8-5+. The molecule has 0 atom stereocenters. The molecule has 2 aromatic rings. The van der Waals surface area contributed by atoms with E-state index in [-0.39, 0.29) is 11.5 Å². The van der Waals surface area contributed by atoms with E-state index in [1.54, 1.807) is 12.3 Å². The zero-order chi connectivity index (χ0) is 17.6. The SMILES string of the molecule is CCOC(C)(C)CCNC(=O)/C=C/c1cnc2ccc(N)cc2c1. The molecule has 5 heteroatoms. The molecule has 1 amide bonds. The van der Waals surface area contributed by atoms with E-state index >= 15 is 0 Å². The molecule has 24 heavy (non-hydrogen) atoms. The molecule has 0 unspecified atom stereocenters. The molecule has 2 rings (SSSR count). The first-order chi connectivity index (χ1) is 11.4. The lowest BCUT2D eigenvalue weighted by molar-refractivity contribution is -0.116. The van der Waals surface area contributed by atoms with Crippen molar-refractivity contribution < 1.29 is 9.53 Å². The number of rotatable bonds is 7. The number of ether oxygens (including phenoxy) is 1. The Morgan fingerprint density at radius 3 is 2.92 bits per heavy atom. The molecule has 0 bridgehead atoms. The molecule has 128 valence electrons. The van der Waals surface area contributed by atoms with Crippen LogP contribution in [0.15, 0.2) is 36.5 Å². The van der Waals surface area contributed by atoms with E-state index in [4.69, 9.17) is 10.5 Å². The Bertz CT molecular complexity index is 738. The summed E-state index contributed by atoms with van der Waals surface area (Å²) in [6.45, 7) is 7.24. The van der Waals surface area contributed by atoms with Gasteiger partial charge in [-0.3, -0.25) is 9.78 Å². The largest absolute Gasteiger partial charge is 0.399 e. The van der Waals surface area contributed by atoms with Crippen LogP contribution in [0.3, 0.4) is 0 Å². The van der Waals surface area contributed by atoms with Crippen molar-refractivity contribution in [1.82, 2.24) is 10.3 Å². The van der Waals surface area contributed by atoms with Crippen LogP contribution in [0, 0.1) is 0 Å². The first-order valence-corrected chi connectivity index (χ1v) is 8.15. The highest BCUT2D eigenvalue weighted by Crippen LogP contribution is 2.17. The van der Waals surface area contributed by atoms with Crippen LogP contribution in [0.25, 0.3) is 17.0 Å². The number of nitrogens with one attached hydrogen (secondary N) is 1. The highest BCUT2D eigenvalue weighted by Gasteiger charge is 2.16. The van der Waals surface area contributed by atoms with Gasteiger partial charge in [0.25, 0.3) is 0 Å². The van der Waals surface area contributed by atoms with Crippen molar-refractivity contribution in [2.75, 3.05) is 18.9 Å². The van der Waals surface area contributed by atoms with Crippen LogP contribution >= 0.6 is 0 Å². The van der Waals surface area contributed by atoms with Gasteiger partial charge in [0, 0.05) is 36.5 Å². The summed E-state index contributed by atoms with van der Waals surface area (Å²) in [6.07, 6.45) is 5.76. The number of nitrogens with two attached hydrogens (primary N) is 1. The summed E-state index contributed by atoms with van der Waals surface area (Å²) in [5, 5.41) is 3.82. The summed E-state index contributed by atoms with van der Waals surface area (Å²) in [7, 11) is 0. The molecular weight excluding hydrogens is 302 g/mol. The highest BCUT2D eigenvalue weighted by molar-refractivity contribution is 5.92. The molecule has 5 nitrogen and oxygen atoms in total. The molecule has 0 radical (unpaired) electrons. The number of carbonyl (C=O) groups is 1. The average Bonchev–Trinajstić information content (AvgIpc) is 2.52. The predicted molar refractivity (Wildman–Crippen MR) is 98.5 cm³/mol. The van der Waals surface area contributed by atoms with Crippen LogP contribution in [0.1, 0.15) is 32.8 Å².